The first-order valence-electron chi connectivity index (χ1n) is 43.6. The number of hydrogen-bond donors (Lipinski definition) is 6. The Morgan fingerprint density at radius 3 is 0.564 bits per heavy atom. The molecule has 12 amide bonds. The molecule has 0 spiro atoms. The number of benzene rings is 8. The molecule has 8 aromatic carbocycles. The lowest BCUT2D eigenvalue weighted by molar-refractivity contribution is -0.150. The summed E-state index contributed by atoms with van der Waals surface area (Å²) in [6.45, 7) is -12.6. The van der Waals surface area contributed by atoms with Crippen molar-refractivity contribution in [2.75, 3.05) is 131 Å². The molecule has 0 atom stereocenters. The van der Waals surface area contributed by atoms with Crippen LogP contribution in [0, 0.1) is 46.5 Å². The summed E-state index contributed by atoms with van der Waals surface area (Å²) in [6.07, 6.45) is 2.58. The molecule has 133 heavy (non-hydrogen) atoms. The van der Waals surface area contributed by atoms with Crippen LogP contribution < -0.4 is 34.0 Å². The number of rotatable bonds is 56. The van der Waals surface area contributed by atoms with Crippen molar-refractivity contribution < 1.29 is 92.7 Å². The summed E-state index contributed by atoms with van der Waals surface area (Å²) in [6, 6.07) is 40.6. The molecule has 0 radical (unpaired) electrons. The number of nitrogens with two attached hydrogens (primary N) is 5. The minimum atomic E-state index is -1.00. The van der Waals surface area contributed by atoms with Crippen LogP contribution in [0.25, 0.3) is 0 Å². The van der Waals surface area contributed by atoms with Crippen LogP contribution in [0.5, 0.6) is 0 Å². The van der Waals surface area contributed by atoms with E-state index in [0.29, 0.717) is 44.3 Å². The Kier molecular flexibility index (Phi) is 43.5. The molecule has 0 heterocycles. The summed E-state index contributed by atoms with van der Waals surface area (Å²) < 4.78 is 120. The number of amides is 12. The van der Waals surface area contributed by atoms with Crippen molar-refractivity contribution in [3.05, 3.63) is 285 Å². The number of unbranched alkanes of at least 4 members (excludes halogenated alkanes) is 4. The lowest BCUT2D eigenvalue weighted by Gasteiger charge is -2.33. The quantitative estimate of drug-likeness (QED) is 0.0168. The van der Waals surface area contributed by atoms with Crippen molar-refractivity contribution in [2.24, 2.45) is 28.7 Å². The molecule has 0 aliphatic carbocycles. The topological polar surface area (TPSA) is 383 Å². The predicted molar refractivity (Wildman–Crippen MR) is 479 cm³/mol. The molecule has 712 valence electrons. The second-order valence-electron chi connectivity index (χ2n) is 32.1. The van der Waals surface area contributed by atoms with E-state index >= 15 is 51.1 Å². The van der Waals surface area contributed by atoms with E-state index in [9.17, 15) is 41.5 Å². The molecule has 0 aliphatic heterocycles. The van der Waals surface area contributed by atoms with Crippen molar-refractivity contribution in [1.82, 2.24) is 59.2 Å². The van der Waals surface area contributed by atoms with Crippen LogP contribution in [0.15, 0.2) is 194 Å². The lowest BCUT2D eigenvalue weighted by atomic mass is 10.1. The molecular formula is C96H115F8N17O12. The fourth-order valence-corrected chi connectivity index (χ4v) is 14.4. The first kappa shape index (κ1) is 105. The van der Waals surface area contributed by atoms with Gasteiger partial charge >= 0.3 is 0 Å². The molecule has 0 aromatic heterocycles. The van der Waals surface area contributed by atoms with Gasteiger partial charge in [-0.2, -0.15) is 0 Å². The van der Waals surface area contributed by atoms with E-state index in [-0.39, 0.29) is 124 Å². The minimum Gasteiger partial charge on any atom is -0.368 e. The zero-order valence-electron chi connectivity index (χ0n) is 74.2. The molecule has 0 saturated carbocycles. The van der Waals surface area contributed by atoms with Crippen LogP contribution in [0.3, 0.4) is 0 Å². The summed E-state index contributed by atoms with van der Waals surface area (Å²) in [7, 11) is 0. The number of nitrogens with zero attached hydrogens (tertiary/aromatic N) is 11. The van der Waals surface area contributed by atoms with E-state index in [2.05, 4.69) is 5.32 Å². The summed E-state index contributed by atoms with van der Waals surface area (Å²) >= 11 is 0. The zero-order chi connectivity index (χ0) is 96.3. The van der Waals surface area contributed by atoms with E-state index in [1.165, 1.54) is 108 Å². The van der Waals surface area contributed by atoms with Gasteiger partial charge in [-0.05, 0) is 226 Å². The van der Waals surface area contributed by atoms with Crippen LogP contribution in [0.2, 0.25) is 0 Å². The summed E-state index contributed by atoms with van der Waals surface area (Å²) in [5.41, 5.74) is 30.6. The Hall–Kier alpha value is -13.4. The molecule has 0 unspecified atom stereocenters. The van der Waals surface area contributed by atoms with Crippen LogP contribution in [0.4, 0.5) is 35.1 Å². The van der Waals surface area contributed by atoms with E-state index in [1.54, 1.807) is 6.07 Å². The highest BCUT2D eigenvalue weighted by atomic mass is 19.2. The van der Waals surface area contributed by atoms with E-state index in [1.807, 2.05) is 0 Å². The van der Waals surface area contributed by atoms with Gasteiger partial charge in [0, 0.05) is 72.0 Å². The van der Waals surface area contributed by atoms with Gasteiger partial charge in [-0.3, -0.25) is 57.5 Å². The monoisotopic (exact) mass is 1850 g/mol. The molecule has 0 bridgehead atoms. The summed E-state index contributed by atoms with van der Waals surface area (Å²) in [5.74, 6) is -16.5. The Morgan fingerprint density at radius 1 is 0.218 bits per heavy atom. The molecule has 0 saturated heterocycles. The first-order chi connectivity index (χ1) is 63.8. The van der Waals surface area contributed by atoms with Gasteiger partial charge in [0.2, 0.25) is 70.9 Å². The Labute approximate surface area is 767 Å². The van der Waals surface area contributed by atoms with Crippen molar-refractivity contribution in [3.63, 3.8) is 0 Å². The lowest BCUT2D eigenvalue weighted by Crippen LogP contribution is -2.52. The van der Waals surface area contributed by atoms with Gasteiger partial charge in [0.25, 0.3) is 0 Å². The number of halogens is 8. The number of nitrogens with one attached hydrogen (secondary N) is 1. The third-order valence-electron chi connectivity index (χ3n) is 21.3. The number of primary amides is 1. The van der Waals surface area contributed by atoms with Gasteiger partial charge in [-0.25, -0.2) is 35.1 Å². The molecular weight excluding hydrogens is 1740 g/mol. The highest BCUT2D eigenvalue weighted by Crippen LogP contribution is 2.22. The van der Waals surface area contributed by atoms with Crippen LogP contribution in [0.1, 0.15) is 95.9 Å². The van der Waals surface area contributed by atoms with Crippen LogP contribution >= 0.6 is 0 Å². The SMILES string of the molecule is NCCCCNCC(=O)N(CC(=O)N(CC(=O)N(CCCCN)CC(=O)N(CC(=O)N(CC(=O)N(CCCCN)CC(=O)N(CC(=O)N(CC(=O)N(CCCCN)CC(=O)N(CC(=O)N(CC(N)=O)Cc1cccc(F)c1)Cc1cccc(F)c1)Cc1cccc(F)c1)Cc1cccc(F)c1)Cc1cccc(F)c1)Cc1cccc(F)c1)Cc1cccc(F)c1)Cc1cccc(F)c1. The maximum absolute atomic E-state index is 15.5. The van der Waals surface area contributed by atoms with Gasteiger partial charge in [-0.15, -0.1) is 0 Å². The highest BCUT2D eigenvalue weighted by molar-refractivity contribution is 5.95. The number of carbonyl (C=O) groups is 12. The number of hydrogen-bond acceptors (Lipinski definition) is 17. The molecule has 8 rings (SSSR count). The molecule has 11 N–H and O–H groups in total. The van der Waals surface area contributed by atoms with Gasteiger partial charge in [0.1, 0.15) is 92.4 Å². The minimum absolute atomic E-state index is 0.0771. The van der Waals surface area contributed by atoms with Crippen molar-refractivity contribution in [2.45, 2.75) is 104 Å². The standard InChI is InChI=1S/C96H115F8N17O12/c97-77-25-9-17-69(41-77)50-114(58-85(109)122)93(130)66-119(55-74-22-14-30-82(102)46-74)90(127)59-111(38-6-2-34-106)88(125)63-117(53-72-20-12-28-80(100)44-72)95(132)68-121(57-76-24-16-32-84(104)48-76)92(129)61-113(40-8-4-36-108)89(126)64-118(54-73-21-13-29-81(101)45-73)96(133)67-120(56-75-23-15-31-83(103)47-75)91(128)60-112(39-7-3-35-107)87(124)62-116(52-71-19-11-27-79(99)43-71)94(131)65-115(51-70-18-10-26-78(98)42-70)86(123)49-110-37-5-1-33-105/h9-32,41-48,110H,1-8,33-40,49-68,105-108H2,(H2,109,122). The Balaban J connectivity index is 1.10. The largest absolute Gasteiger partial charge is 0.368 e. The van der Waals surface area contributed by atoms with Crippen LogP contribution in [-0.2, 0) is 110 Å². The van der Waals surface area contributed by atoms with Crippen LogP contribution in [-0.4, -0.2) is 256 Å². The fraction of sp³-hybridized carbons (Fsp3) is 0.375. The van der Waals surface area contributed by atoms with Crippen molar-refractivity contribution in [3.8, 4) is 0 Å². The maximum atomic E-state index is 15.5. The second-order valence-corrected chi connectivity index (χ2v) is 32.1. The third kappa shape index (κ3) is 37.1. The Morgan fingerprint density at radius 2 is 0.383 bits per heavy atom. The molecule has 0 aliphatic rings. The normalized spacial score (nSPS) is 11.0. The molecule has 0 fully saturated rings. The third-order valence-corrected chi connectivity index (χ3v) is 21.3. The smallest absolute Gasteiger partial charge is 0.242 e. The van der Waals surface area contributed by atoms with E-state index in [4.69, 9.17) is 28.7 Å². The molecule has 37 heteroatoms. The van der Waals surface area contributed by atoms with Gasteiger partial charge < -0.3 is 87.9 Å². The van der Waals surface area contributed by atoms with Gasteiger partial charge in [0.05, 0.1) is 32.7 Å². The van der Waals surface area contributed by atoms with Crippen molar-refractivity contribution >= 4 is 70.9 Å². The predicted octanol–water partition coefficient (Wildman–Crippen LogP) is 6.85. The van der Waals surface area contributed by atoms with E-state index < -0.39 is 229 Å². The Bertz CT molecular complexity index is 5200. The summed E-state index contributed by atoms with van der Waals surface area (Å²) in [5, 5.41) is 3.03. The molecule has 29 nitrogen and oxygen atoms in total. The maximum Gasteiger partial charge on any atom is 0.242 e. The average Bonchev–Trinajstić information content (AvgIpc) is 0.831. The van der Waals surface area contributed by atoms with E-state index in [0.717, 1.165) is 134 Å². The molecule has 8 aromatic rings. The first-order valence-corrected chi connectivity index (χ1v) is 43.6. The summed E-state index contributed by atoms with van der Waals surface area (Å²) in [4.78, 5) is 189. The zero-order valence-corrected chi connectivity index (χ0v) is 74.2. The van der Waals surface area contributed by atoms with Crippen molar-refractivity contribution in [1.29, 1.82) is 0 Å². The van der Waals surface area contributed by atoms with Gasteiger partial charge in [0.15, 0.2) is 0 Å². The number of carbonyl (C=O) groups excluding carboxylic acids is 12. The second kappa shape index (κ2) is 55.1. The fourth-order valence-electron chi connectivity index (χ4n) is 14.4. The highest BCUT2D eigenvalue weighted by Gasteiger charge is 2.35. The average molecular weight is 1850 g/mol. The van der Waals surface area contributed by atoms with Gasteiger partial charge in [-0.1, -0.05) is 97.1 Å².